The first-order chi connectivity index (χ1) is 11.4. The number of carbonyl (C=O) groups is 2. The summed E-state index contributed by atoms with van der Waals surface area (Å²) in [7, 11) is 0. The molecule has 2 amide bonds. The predicted molar refractivity (Wildman–Crippen MR) is 81.8 cm³/mol. The minimum atomic E-state index is -1.24. The normalized spacial score (nSPS) is 16.5. The summed E-state index contributed by atoms with van der Waals surface area (Å²) >= 11 is 0. The van der Waals surface area contributed by atoms with Gasteiger partial charge in [0.25, 0.3) is 0 Å². The van der Waals surface area contributed by atoms with Gasteiger partial charge >= 0.3 is 6.09 Å². The Hall–Kier alpha value is -2.38. The Morgan fingerprint density at radius 1 is 1.38 bits per heavy atom. The average molecular weight is 342 g/mol. The molecule has 1 aromatic rings. The highest BCUT2D eigenvalue weighted by Gasteiger charge is 2.29. The smallest absolute Gasteiger partial charge is 0.405 e. The van der Waals surface area contributed by atoms with Crippen LogP contribution in [0.2, 0.25) is 0 Å². The third kappa shape index (κ3) is 4.56. The molecule has 1 aliphatic heterocycles. The van der Waals surface area contributed by atoms with Crippen LogP contribution in [0.4, 0.5) is 13.6 Å². The zero-order chi connectivity index (χ0) is 17.7. The topological polar surface area (TPSA) is 78.9 Å². The lowest BCUT2D eigenvalue weighted by molar-refractivity contribution is -0.135. The van der Waals surface area contributed by atoms with Crippen molar-refractivity contribution in [1.82, 2.24) is 10.2 Å². The molecule has 0 aromatic heterocycles. The third-order valence-corrected chi connectivity index (χ3v) is 3.95. The lowest BCUT2D eigenvalue weighted by atomic mass is 10.1. The van der Waals surface area contributed by atoms with Gasteiger partial charge in [0.05, 0.1) is 0 Å². The van der Waals surface area contributed by atoms with E-state index < -0.39 is 23.8 Å². The molecule has 1 heterocycles. The largest absolute Gasteiger partial charge is 0.487 e. The summed E-state index contributed by atoms with van der Waals surface area (Å²) in [4.78, 5) is 24.6. The second kappa shape index (κ2) is 7.94. The van der Waals surface area contributed by atoms with E-state index >= 15 is 0 Å². The summed E-state index contributed by atoms with van der Waals surface area (Å²) in [5.74, 6) is -1.71. The highest BCUT2D eigenvalue weighted by Crippen LogP contribution is 2.23. The molecule has 132 valence electrons. The van der Waals surface area contributed by atoms with Gasteiger partial charge < -0.3 is 20.1 Å². The highest BCUT2D eigenvalue weighted by atomic mass is 19.1. The van der Waals surface area contributed by atoms with Crippen LogP contribution in [0, 0.1) is 11.6 Å². The number of hydrogen-bond acceptors (Lipinski definition) is 3. The average Bonchev–Trinajstić information content (AvgIpc) is 2.55. The molecule has 6 nitrogen and oxygen atoms in total. The maximum absolute atomic E-state index is 13.6. The number of carboxylic acid groups (broad SMARTS) is 1. The molecule has 0 radical (unpaired) electrons. The molecule has 1 aromatic carbocycles. The van der Waals surface area contributed by atoms with Gasteiger partial charge in [-0.05, 0) is 18.6 Å². The van der Waals surface area contributed by atoms with Crippen molar-refractivity contribution in [2.45, 2.75) is 38.3 Å². The summed E-state index contributed by atoms with van der Waals surface area (Å²) in [5.41, 5.74) is 0. The molecular weight excluding hydrogens is 322 g/mol. The molecule has 24 heavy (non-hydrogen) atoms. The van der Waals surface area contributed by atoms with E-state index in [4.69, 9.17) is 9.84 Å². The first-order valence-electron chi connectivity index (χ1n) is 7.80. The maximum atomic E-state index is 13.6. The van der Waals surface area contributed by atoms with Gasteiger partial charge in [-0.3, -0.25) is 4.79 Å². The first-order valence-corrected chi connectivity index (χ1v) is 7.80. The number of amides is 2. The van der Waals surface area contributed by atoms with Crippen LogP contribution in [0.25, 0.3) is 0 Å². The Bertz CT molecular complexity index is 604. The number of benzene rings is 1. The fraction of sp³-hybridized carbons (Fsp3) is 0.500. The van der Waals surface area contributed by atoms with Crippen molar-refractivity contribution in [3.63, 3.8) is 0 Å². The van der Waals surface area contributed by atoms with Crippen LogP contribution in [-0.2, 0) is 4.79 Å². The number of hydrogen-bond donors (Lipinski definition) is 2. The van der Waals surface area contributed by atoms with E-state index in [1.807, 2.05) is 0 Å². The van der Waals surface area contributed by atoms with Crippen molar-refractivity contribution in [3.05, 3.63) is 29.8 Å². The van der Waals surface area contributed by atoms with E-state index in [0.717, 1.165) is 12.1 Å². The molecule has 1 atom stereocenters. The molecule has 2 N–H and O–H groups in total. The van der Waals surface area contributed by atoms with Crippen molar-refractivity contribution in [2.24, 2.45) is 0 Å². The summed E-state index contributed by atoms with van der Waals surface area (Å²) < 4.78 is 32.0. The van der Waals surface area contributed by atoms with E-state index in [1.165, 1.54) is 6.07 Å². The SMILES string of the molecule is CC[C@H](NC(=O)O)C(=O)N1CCC(Oc2ccc(F)cc2F)CC1. The molecule has 0 spiro atoms. The van der Waals surface area contributed by atoms with Gasteiger partial charge in [0.1, 0.15) is 18.0 Å². The van der Waals surface area contributed by atoms with E-state index in [0.29, 0.717) is 32.4 Å². The number of halogens is 2. The summed E-state index contributed by atoms with van der Waals surface area (Å²) in [6.07, 6.45) is -0.165. The minimum absolute atomic E-state index is 0.0137. The molecule has 1 saturated heterocycles. The van der Waals surface area contributed by atoms with E-state index in [-0.39, 0.29) is 17.8 Å². The lowest BCUT2D eigenvalue weighted by Gasteiger charge is -2.34. The van der Waals surface area contributed by atoms with Gasteiger partial charge in [0.15, 0.2) is 11.6 Å². The molecule has 0 saturated carbocycles. The maximum Gasteiger partial charge on any atom is 0.405 e. The minimum Gasteiger partial charge on any atom is -0.487 e. The number of nitrogens with one attached hydrogen (secondary N) is 1. The zero-order valence-corrected chi connectivity index (χ0v) is 13.3. The van der Waals surface area contributed by atoms with Crippen LogP contribution >= 0.6 is 0 Å². The molecule has 0 bridgehead atoms. The van der Waals surface area contributed by atoms with Crippen LogP contribution in [0.3, 0.4) is 0 Å². The van der Waals surface area contributed by atoms with Crippen molar-refractivity contribution >= 4 is 12.0 Å². The van der Waals surface area contributed by atoms with Gasteiger partial charge in [-0.25, -0.2) is 13.6 Å². The molecule has 0 unspecified atom stereocenters. The van der Waals surface area contributed by atoms with E-state index in [2.05, 4.69) is 5.32 Å². The Labute approximate surface area is 138 Å². The molecule has 0 aliphatic carbocycles. The molecule has 1 fully saturated rings. The fourth-order valence-electron chi connectivity index (χ4n) is 2.65. The van der Waals surface area contributed by atoms with Gasteiger partial charge in [-0.15, -0.1) is 0 Å². The Morgan fingerprint density at radius 3 is 2.58 bits per heavy atom. The van der Waals surface area contributed by atoms with Crippen molar-refractivity contribution in [3.8, 4) is 5.75 Å². The quantitative estimate of drug-likeness (QED) is 0.861. The molecule has 1 aliphatic rings. The summed E-state index contributed by atoms with van der Waals surface area (Å²) in [6, 6.07) is 2.36. The second-order valence-corrected chi connectivity index (χ2v) is 5.63. The number of likely N-dealkylation sites (tertiary alicyclic amines) is 1. The Balaban J connectivity index is 1.88. The van der Waals surface area contributed by atoms with Crippen molar-refractivity contribution in [2.75, 3.05) is 13.1 Å². The fourth-order valence-corrected chi connectivity index (χ4v) is 2.65. The monoisotopic (exact) mass is 342 g/mol. The van der Waals surface area contributed by atoms with Crippen LogP contribution in [0.1, 0.15) is 26.2 Å². The molecule has 2 rings (SSSR count). The van der Waals surface area contributed by atoms with Gasteiger partial charge in [-0.2, -0.15) is 0 Å². The number of rotatable bonds is 5. The summed E-state index contributed by atoms with van der Waals surface area (Å²) in [6.45, 7) is 2.51. The van der Waals surface area contributed by atoms with Gasteiger partial charge in [0, 0.05) is 32.0 Å². The van der Waals surface area contributed by atoms with Crippen molar-refractivity contribution in [1.29, 1.82) is 0 Å². The predicted octanol–water partition coefficient (Wildman–Crippen LogP) is 2.38. The summed E-state index contributed by atoms with van der Waals surface area (Å²) in [5, 5.41) is 10.9. The number of carbonyl (C=O) groups excluding carboxylic acids is 1. The van der Waals surface area contributed by atoms with Crippen LogP contribution in [0.5, 0.6) is 5.75 Å². The van der Waals surface area contributed by atoms with Crippen LogP contribution < -0.4 is 10.1 Å². The standard InChI is InChI=1S/C16H20F2N2O4/c1-2-13(19-16(22)23)15(21)20-7-5-11(6-8-20)24-14-4-3-10(17)9-12(14)18/h3-4,9,11,13,19H,2,5-8H2,1H3,(H,22,23)/t13-/m0/s1. The van der Waals surface area contributed by atoms with Crippen molar-refractivity contribution < 1.29 is 28.2 Å². The Morgan fingerprint density at radius 2 is 2.04 bits per heavy atom. The molecule has 8 heteroatoms. The highest BCUT2D eigenvalue weighted by molar-refractivity contribution is 5.85. The van der Waals surface area contributed by atoms with Gasteiger partial charge in [0.2, 0.25) is 5.91 Å². The number of ether oxygens (including phenoxy) is 1. The van der Waals surface area contributed by atoms with E-state index in [9.17, 15) is 18.4 Å². The van der Waals surface area contributed by atoms with E-state index in [1.54, 1.807) is 11.8 Å². The number of piperidine rings is 1. The number of nitrogens with zero attached hydrogens (tertiary/aromatic N) is 1. The lowest BCUT2D eigenvalue weighted by Crippen LogP contribution is -2.51. The zero-order valence-electron chi connectivity index (χ0n) is 13.3. The van der Waals surface area contributed by atoms with Crippen LogP contribution in [0.15, 0.2) is 18.2 Å². The molecular formula is C16H20F2N2O4. The third-order valence-electron chi connectivity index (χ3n) is 3.95. The van der Waals surface area contributed by atoms with Crippen LogP contribution in [-0.4, -0.2) is 47.2 Å². The second-order valence-electron chi connectivity index (χ2n) is 5.63. The van der Waals surface area contributed by atoms with Gasteiger partial charge in [-0.1, -0.05) is 6.92 Å². The Kier molecular flexibility index (Phi) is 5.94. The first kappa shape index (κ1) is 18.0.